The molecule has 0 bridgehead atoms. The van der Waals surface area contributed by atoms with Crippen LogP contribution in [-0.2, 0) is 11.3 Å². The summed E-state index contributed by atoms with van der Waals surface area (Å²) in [5.74, 6) is -1.11. The molecule has 0 amide bonds. The average molecular weight is 360 g/mol. The van der Waals surface area contributed by atoms with Crippen LogP contribution in [0, 0.1) is 10.1 Å². The molecule has 0 atom stereocenters. The fourth-order valence-corrected chi connectivity index (χ4v) is 2.74. The third-order valence-corrected chi connectivity index (χ3v) is 3.62. The van der Waals surface area contributed by atoms with E-state index in [2.05, 4.69) is 31.5 Å². The van der Waals surface area contributed by atoms with Crippen LogP contribution in [0.25, 0.3) is 0 Å². The van der Waals surface area contributed by atoms with Gasteiger partial charge in [0, 0.05) is 10.5 Å². The maximum absolute atomic E-state index is 10.9. The van der Waals surface area contributed by atoms with Crippen molar-refractivity contribution < 1.29 is 14.8 Å². The number of hydrogen-bond acceptors (Lipinski definition) is 7. The van der Waals surface area contributed by atoms with E-state index >= 15 is 0 Å². The second-order valence-electron chi connectivity index (χ2n) is 3.48. The summed E-state index contributed by atoms with van der Waals surface area (Å²) in [6.07, 6.45) is 0. The summed E-state index contributed by atoms with van der Waals surface area (Å²) in [5.41, 5.74) is -0.108. The number of nitro groups is 1. The highest BCUT2D eigenvalue weighted by Gasteiger charge is 2.19. The Hall–Kier alpha value is -2.01. The van der Waals surface area contributed by atoms with Gasteiger partial charge in [0.25, 0.3) is 5.69 Å². The molecule has 0 saturated heterocycles. The van der Waals surface area contributed by atoms with Gasteiger partial charge in [-0.2, -0.15) is 0 Å². The zero-order chi connectivity index (χ0) is 14.7. The van der Waals surface area contributed by atoms with E-state index < -0.39 is 17.4 Å². The number of halogens is 1. The molecule has 20 heavy (non-hydrogen) atoms. The van der Waals surface area contributed by atoms with Gasteiger partial charge < -0.3 is 5.11 Å². The van der Waals surface area contributed by atoms with Crippen molar-refractivity contribution in [3.8, 4) is 0 Å². The van der Waals surface area contributed by atoms with Crippen LogP contribution in [0.4, 0.5) is 5.69 Å². The molecule has 1 aromatic carbocycles. The molecule has 0 fully saturated rings. The van der Waals surface area contributed by atoms with Crippen LogP contribution in [0.2, 0.25) is 0 Å². The average Bonchev–Trinajstić information content (AvgIpc) is 2.75. The van der Waals surface area contributed by atoms with Crippen LogP contribution in [-0.4, -0.2) is 36.2 Å². The smallest absolute Gasteiger partial charge is 0.325 e. The summed E-state index contributed by atoms with van der Waals surface area (Å²) in [6.45, 7) is -0.420. The molecule has 0 aliphatic heterocycles. The minimum atomic E-state index is -1.11. The van der Waals surface area contributed by atoms with Gasteiger partial charge in [0.1, 0.15) is 6.54 Å². The van der Waals surface area contributed by atoms with Crippen LogP contribution in [0.3, 0.4) is 0 Å². The SMILES string of the molecule is O=C(O)Cn1nnnc1Sc1cc(Br)ccc1[N+](=O)[O-]. The number of nitrogens with zero attached hydrogens (tertiary/aromatic N) is 5. The summed E-state index contributed by atoms with van der Waals surface area (Å²) in [5, 5.41) is 30.4. The molecular weight excluding hydrogens is 354 g/mol. The van der Waals surface area contributed by atoms with Crippen molar-refractivity contribution >= 4 is 39.3 Å². The number of carboxylic acid groups (broad SMARTS) is 1. The van der Waals surface area contributed by atoms with Crippen LogP contribution < -0.4 is 0 Å². The lowest BCUT2D eigenvalue weighted by Gasteiger charge is -2.03. The predicted octanol–water partition coefficient (Wildman–Crippen LogP) is 1.58. The zero-order valence-corrected chi connectivity index (χ0v) is 12.0. The van der Waals surface area contributed by atoms with Crippen LogP contribution in [0.1, 0.15) is 0 Å². The number of rotatable bonds is 5. The van der Waals surface area contributed by atoms with E-state index in [4.69, 9.17) is 5.11 Å². The number of tetrazole rings is 1. The summed E-state index contributed by atoms with van der Waals surface area (Å²) in [6, 6.07) is 4.43. The van der Waals surface area contributed by atoms with Crippen LogP contribution >= 0.6 is 27.7 Å². The molecule has 0 saturated carbocycles. The third kappa shape index (κ3) is 3.30. The molecule has 0 spiro atoms. The normalized spacial score (nSPS) is 10.4. The molecule has 0 unspecified atom stereocenters. The maximum Gasteiger partial charge on any atom is 0.325 e. The van der Waals surface area contributed by atoms with E-state index in [0.29, 0.717) is 9.37 Å². The number of nitro benzene ring substituents is 1. The second kappa shape index (κ2) is 5.96. The Balaban J connectivity index is 2.35. The van der Waals surface area contributed by atoms with Gasteiger partial charge in [-0.15, -0.1) is 5.10 Å². The number of benzene rings is 1. The number of hydrogen-bond donors (Lipinski definition) is 1. The van der Waals surface area contributed by atoms with E-state index in [-0.39, 0.29) is 10.8 Å². The lowest BCUT2D eigenvalue weighted by Crippen LogP contribution is -2.11. The van der Waals surface area contributed by atoms with Gasteiger partial charge in [-0.25, -0.2) is 4.68 Å². The Labute approximate surface area is 124 Å². The predicted molar refractivity (Wildman–Crippen MR) is 70.4 cm³/mol. The molecule has 1 aromatic heterocycles. The Kier molecular flexibility index (Phi) is 4.29. The molecule has 1 heterocycles. The first kappa shape index (κ1) is 14.4. The minimum Gasteiger partial charge on any atom is -0.480 e. The van der Waals surface area contributed by atoms with Crippen molar-refractivity contribution in [3.63, 3.8) is 0 Å². The Bertz CT molecular complexity index is 676. The number of carbonyl (C=O) groups is 1. The van der Waals surface area contributed by atoms with Crippen molar-refractivity contribution in [2.24, 2.45) is 0 Å². The van der Waals surface area contributed by atoms with Gasteiger partial charge in [-0.1, -0.05) is 15.9 Å². The molecular formula is C9H6BrN5O4S. The van der Waals surface area contributed by atoms with Crippen molar-refractivity contribution in [1.29, 1.82) is 0 Å². The molecule has 11 heteroatoms. The second-order valence-corrected chi connectivity index (χ2v) is 5.41. The molecule has 9 nitrogen and oxygen atoms in total. The van der Waals surface area contributed by atoms with E-state index in [0.717, 1.165) is 16.4 Å². The topological polar surface area (TPSA) is 124 Å². The highest BCUT2D eigenvalue weighted by molar-refractivity contribution is 9.10. The molecule has 104 valence electrons. The first-order valence-corrected chi connectivity index (χ1v) is 6.68. The van der Waals surface area contributed by atoms with Gasteiger partial charge in [0.15, 0.2) is 0 Å². The maximum atomic E-state index is 10.9. The van der Waals surface area contributed by atoms with E-state index in [1.54, 1.807) is 12.1 Å². The zero-order valence-electron chi connectivity index (χ0n) is 9.63. The van der Waals surface area contributed by atoms with Crippen molar-refractivity contribution in [3.05, 3.63) is 32.8 Å². The Morgan fingerprint density at radius 1 is 1.55 bits per heavy atom. The van der Waals surface area contributed by atoms with Crippen LogP contribution in [0.5, 0.6) is 0 Å². The number of aliphatic carboxylic acids is 1. The standard InChI is InChI=1S/C9H6BrN5O4S/c10-5-1-2-6(15(18)19)7(3-5)20-9-11-12-13-14(9)4-8(16)17/h1-3H,4H2,(H,16,17). The van der Waals surface area contributed by atoms with E-state index in [1.165, 1.54) is 6.07 Å². The van der Waals surface area contributed by atoms with Gasteiger partial charge in [0.05, 0.1) is 9.82 Å². The number of carboxylic acids is 1. The van der Waals surface area contributed by atoms with Gasteiger partial charge in [0.2, 0.25) is 5.16 Å². The highest BCUT2D eigenvalue weighted by atomic mass is 79.9. The molecule has 2 rings (SSSR count). The first-order valence-electron chi connectivity index (χ1n) is 5.07. The fourth-order valence-electron chi connectivity index (χ4n) is 1.32. The monoisotopic (exact) mass is 359 g/mol. The molecule has 0 aliphatic rings. The van der Waals surface area contributed by atoms with E-state index in [9.17, 15) is 14.9 Å². The Morgan fingerprint density at radius 3 is 2.95 bits per heavy atom. The van der Waals surface area contributed by atoms with Crippen molar-refractivity contribution in [1.82, 2.24) is 20.2 Å². The first-order chi connectivity index (χ1) is 9.47. The molecule has 1 N–H and O–H groups in total. The quantitative estimate of drug-likeness (QED) is 0.630. The fraction of sp³-hybridized carbons (Fsp3) is 0.111. The summed E-state index contributed by atoms with van der Waals surface area (Å²) < 4.78 is 1.71. The van der Waals surface area contributed by atoms with Crippen molar-refractivity contribution in [2.75, 3.05) is 0 Å². The molecule has 0 aliphatic carbocycles. The molecule has 0 radical (unpaired) electrons. The Morgan fingerprint density at radius 2 is 2.30 bits per heavy atom. The number of aromatic nitrogens is 4. The summed E-state index contributed by atoms with van der Waals surface area (Å²) in [4.78, 5) is 21.4. The summed E-state index contributed by atoms with van der Waals surface area (Å²) >= 11 is 4.14. The molecule has 2 aromatic rings. The van der Waals surface area contributed by atoms with Gasteiger partial charge in [-0.3, -0.25) is 14.9 Å². The minimum absolute atomic E-state index is 0.108. The van der Waals surface area contributed by atoms with Crippen molar-refractivity contribution in [2.45, 2.75) is 16.6 Å². The highest BCUT2D eigenvalue weighted by Crippen LogP contribution is 2.35. The van der Waals surface area contributed by atoms with Crippen LogP contribution in [0.15, 0.2) is 32.7 Å². The largest absolute Gasteiger partial charge is 0.480 e. The lowest BCUT2D eigenvalue weighted by molar-refractivity contribution is -0.387. The van der Waals surface area contributed by atoms with Gasteiger partial charge in [-0.05, 0) is 34.3 Å². The summed E-state index contributed by atoms with van der Waals surface area (Å²) in [7, 11) is 0. The van der Waals surface area contributed by atoms with E-state index in [1.807, 2.05) is 0 Å². The lowest BCUT2D eigenvalue weighted by atomic mass is 10.3. The third-order valence-electron chi connectivity index (χ3n) is 2.10. The van der Waals surface area contributed by atoms with Gasteiger partial charge >= 0.3 is 5.97 Å².